The van der Waals surface area contributed by atoms with E-state index in [1.54, 1.807) is 0 Å². The summed E-state index contributed by atoms with van der Waals surface area (Å²) >= 11 is 0. The van der Waals surface area contributed by atoms with E-state index in [4.69, 9.17) is 0 Å². The van der Waals surface area contributed by atoms with Crippen LogP contribution in [0.2, 0.25) is 0 Å². The molecule has 0 unspecified atom stereocenters. The molecule has 0 spiro atoms. The highest BCUT2D eigenvalue weighted by Crippen LogP contribution is 2.23. The van der Waals surface area contributed by atoms with E-state index in [9.17, 15) is 4.79 Å². The third-order valence-electron chi connectivity index (χ3n) is 6.63. The highest BCUT2D eigenvalue weighted by molar-refractivity contribution is 5.78. The van der Waals surface area contributed by atoms with Crippen LogP contribution >= 0.6 is 0 Å². The zero-order valence-corrected chi connectivity index (χ0v) is 19.2. The molecule has 0 saturated carbocycles. The molecule has 0 radical (unpaired) electrons. The predicted octanol–water partition coefficient (Wildman–Crippen LogP) is 3.13. The van der Waals surface area contributed by atoms with Crippen LogP contribution in [-0.2, 0) is 4.79 Å². The maximum atomic E-state index is 12.7. The molecule has 6 nitrogen and oxygen atoms in total. The molecule has 1 fully saturated rings. The minimum Gasteiger partial charge on any atom is -0.339 e. The average Bonchev–Trinajstić information content (AvgIpc) is 3.27. The van der Waals surface area contributed by atoms with Crippen LogP contribution in [0.5, 0.6) is 0 Å². The lowest BCUT2D eigenvalue weighted by molar-refractivity contribution is -0.134. The Morgan fingerprint density at radius 2 is 1.84 bits per heavy atom. The molecule has 31 heavy (non-hydrogen) atoms. The summed E-state index contributed by atoms with van der Waals surface area (Å²) in [5, 5.41) is 4.58. The first-order valence-electron chi connectivity index (χ1n) is 11.6. The van der Waals surface area contributed by atoms with Gasteiger partial charge < -0.3 is 4.90 Å². The highest BCUT2D eigenvalue weighted by atomic mass is 16.2. The fraction of sp³-hybridized carbons (Fsp3) is 0.520. The molecular formula is C25H35N5O. The topological polar surface area (TPSA) is 44.6 Å². The van der Waals surface area contributed by atoms with Gasteiger partial charge in [0.25, 0.3) is 0 Å². The molecule has 1 aromatic carbocycles. The van der Waals surface area contributed by atoms with E-state index in [2.05, 4.69) is 66.1 Å². The molecule has 4 rings (SSSR count). The molecule has 1 saturated heterocycles. The second-order valence-electron chi connectivity index (χ2n) is 8.88. The van der Waals surface area contributed by atoms with Gasteiger partial charge in [0.15, 0.2) is 0 Å². The van der Waals surface area contributed by atoms with Gasteiger partial charge in [0.05, 0.1) is 18.4 Å². The van der Waals surface area contributed by atoms with Crippen molar-refractivity contribution in [3.8, 4) is 5.69 Å². The van der Waals surface area contributed by atoms with Gasteiger partial charge in [0, 0.05) is 51.0 Å². The van der Waals surface area contributed by atoms with Crippen LogP contribution < -0.4 is 0 Å². The summed E-state index contributed by atoms with van der Waals surface area (Å²) < 4.78 is 1.96. The quantitative estimate of drug-likeness (QED) is 0.719. The molecule has 166 valence electrons. The van der Waals surface area contributed by atoms with Crippen LogP contribution in [-0.4, -0.2) is 82.7 Å². The number of hydrogen-bond acceptors (Lipinski definition) is 4. The average molecular weight is 422 g/mol. The SMILES string of the molecule is CCCN1CCN(C(=O)CN2CC=C(c3cnn(-c4ccc(C)c(C)c4)c3)CC2)CC1. The van der Waals surface area contributed by atoms with E-state index in [0.29, 0.717) is 6.54 Å². The number of nitrogens with zero attached hydrogens (tertiary/aromatic N) is 5. The van der Waals surface area contributed by atoms with Gasteiger partial charge in [-0.2, -0.15) is 5.10 Å². The van der Waals surface area contributed by atoms with Crippen LogP contribution in [0, 0.1) is 13.8 Å². The number of carbonyl (C=O) groups excluding carboxylic acids is 1. The van der Waals surface area contributed by atoms with Gasteiger partial charge in [-0.1, -0.05) is 19.1 Å². The van der Waals surface area contributed by atoms with Gasteiger partial charge in [0.1, 0.15) is 0 Å². The van der Waals surface area contributed by atoms with Crippen LogP contribution in [0.3, 0.4) is 0 Å². The number of benzene rings is 1. The number of carbonyl (C=O) groups is 1. The molecule has 2 aliphatic rings. The van der Waals surface area contributed by atoms with Crippen molar-refractivity contribution in [2.75, 3.05) is 52.4 Å². The van der Waals surface area contributed by atoms with E-state index in [-0.39, 0.29) is 5.91 Å². The van der Waals surface area contributed by atoms with Crippen molar-refractivity contribution in [2.24, 2.45) is 0 Å². The second-order valence-corrected chi connectivity index (χ2v) is 8.88. The molecule has 2 aliphatic heterocycles. The van der Waals surface area contributed by atoms with E-state index in [1.165, 1.54) is 28.7 Å². The van der Waals surface area contributed by atoms with E-state index < -0.39 is 0 Å². The molecule has 0 atom stereocenters. The second kappa shape index (κ2) is 9.79. The van der Waals surface area contributed by atoms with Crippen LogP contribution in [0.4, 0.5) is 0 Å². The number of rotatable bonds is 6. The molecule has 1 aromatic heterocycles. The molecule has 0 N–H and O–H groups in total. The van der Waals surface area contributed by atoms with Crippen molar-refractivity contribution in [3.05, 3.63) is 53.4 Å². The number of piperazine rings is 1. The molecule has 2 aromatic rings. The molecular weight excluding hydrogens is 386 g/mol. The summed E-state index contributed by atoms with van der Waals surface area (Å²) in [7, 11) is 0. The zero-order valence-electron chi connectivity index (χ0n) is 19.2. The van der Waals surface area contributed by atoms with Gasteiger partial charge in [-0.3, -0.25) is 14.6 Å². The predicted molar refractivity (Wildman–Crippen MR) is 125 cm³/mol. The lowest BCUT2D eigenvalue weighted by Gasteiger charge is -2.36. The third-order valence-corrected chi connectivity index (χ3v) is 6.63. The normalized spacial score (nSPS) is 18.3. The first kappa shape index (κ1) is 21.8. The van der Waals surface area contributed by atoms with E-state index in [0.717, 1.165) is 57.9 Å². The number of aryl methyl sites for hydroxylation is 2. The number of hydrogen-bond donors (Lipinski definition) is 0. The third kappa shape index (κ3) is 5.25. The molecule has 3 heterocycles. The Morgan fingerprint density at radius 1 is 1.03 bits per heavy atom. The van der Waals surface area contributed by atoms with Crippen molar-refractivity contribution in [1.29, 1.82) is 0 Å². The standard InChI is InChI=1S/C25H35N5O/c1-4-9-27-12-14-29(15-13-27)25(31)19-28-10-7-22(8-11-28)23-17-26-30(18-23)24-6-5-20(2)21(3)16-24/h5-7,16-18H,4,8-15,19H2,1-3H3. The van der Waals surface area contributed by atoms with E-state index >= 15 is 0 Å². The fourth-order valence-corrected chi connectivity index (χ4v) is 4.44. The van der Waals surface area contributed by atoms with Gasteiger partial charge in [0.2, 0.25) is 5.91 Å². The Morgan fingerprint density at radius 3 is 2.52 bits per heavy atom. The van der Waals surface area contributed by atoms with Gasteiger partial charge in [-0.05, 0) is 62.1 Å². The summed E-state index contributed by atoms with van der Waals surface area (Å²) in [5.74, 6) is 0.274. The fourth-order valence-electron chi connectivity index (χ4n) is 4.44. The first-order chi connectivity index (χ1) is 15.0. The lowest BCUT2D eigenvalue weighted by atomic mass is 10.0. The van der Waals surface area contributed by atoms with Gasteiger partial charge >= 0.3 is 0 Å². The van der Waals surface area contributed by atoms with Crippen molar-refractivity contribution < 1.29 is 4.79 Å². The minimum absolute atomic E-state index is 0.274. The summed E-state index contributed by atoms with van der Waals surface area (Å²) in [4.78, 5) is 19.5. The maximum absolute atomic E-state index is 12.7. The Balaban J connectivity index is 1.31. The summed E-state index contributed by atoms with van der Waals surface area (Å²) in [6.45, 7) is 13.6. The summed E-state index contributed by atoms with van der Waals surface area (Å²) in [5.41, 5.74) is 6.17. The first-order valence-corrected chi connectivity index (χ1v) is 11.6. The lowest BCUT2D eigenvalue weighted by Crippen LogP contribution is -2.51. The minimum atomic E-state index is 0.274. The van der Waals surface area contributed by atoms with Crippen molar-refractivity contribution in [2.45, 2.75) is 33.6 Å². The Labute approximate surface area is 186 Å². The summed E-state index contributed by atoms with van der Waals surface area (Å²) in [6, 6.07) is 6.44. The van der Waals surface area contributed by atoms with E-state index in [1.807, 2.05) is 15.8 Å². The van der Waals surface area contributed by atoms with Crippen LogP contribution in [0.15, 0.2) is 36.7 Å². The van der Waals surface area contributed by atoms with Crippen molar-refractivity contribution >= 4 is 11.5 Å². The summed E-state index contributed by atoms with van der Waals surface area (Å²) in [6.07, 6.45) is 8.47. The monoisotopic (exact) mass is 421 g/mol. The highest BCUT2D eigenvalue weighted by Gasteiger charge is 2.23. The van der Waals surface area contributed by atoms with Crippen molar-refractivity contribution in [3.63, 3.8) is 0 Å². The molecule has 0 bridgehead atoms. The van der Waals surface area contributed by atoms with Gasteiger partial charge in [-0.25, -0.2) is 4.68 Å². The molecule has 6 heteroatoms. The maximum Gasteiger partial charge on any atom is 0.236 e. The molecule has 0 aliphatic carbocycles. The molecule has 1 amide bonds. The van der Waals surface area contributed by atoms with Gasteiger partial charge in [-0.15, -0.1) is 0 Å². The van der Waals surface area contributed by atoms with Crippen LogP contribution in [0.25, 0.3) is 11.3 Å². The Kier molecular flexibility index (Phi) is 6.88. The number of amides is 1. The Hall–Kier alpha value is -2.44. The van der Waals surface area contributed by atoms with Crippen molar-refractivity contribution in [1.82, 2.24) is 24.5 Å². The largest absolute Gasteiger partial charge is 0.339 e. The smallest absolute Gasteiger partial charge is 0.236 e. The zero-order chi connectivity index (χ0) is 21.8. The Bertz CT molecular complexity index is 939. The van der Waals surface area contributed by atoms with Crippen LogP contribution in [0.1, 0.15) is 36.5 Å². The number of aromatic nitrogens is 2.